The molecule has 78 heavy (non-hydrogen) atoms. The molecule has 1 atom stereocenters. The summed E-state index contributed by atoms with van der Waals surface area (Å²) < 4.78 is 16.9. The van der Waals surface area contributed by atoms with Crippen LogP contribution < -0.4 is 0 Å². The van der Waals surface area contributed by atoms with Gasteiger partial charge >= 0.3 is 17.9 Å². The van der Waals surface area contributed by atoms with Crippen molar-refractivity contribution in [1.29, 1.82) is 0 Å². The Morgan fingerprint density at radius 3 is 0.795 bits per heavy atom. The van der Waals surface area contributed by atoms with E-state index >= 15 is 0 Å². The maximum Gasteiger partial charge on any atom is 0.306 e. The van der Waals surface area contributed by atoms with Crippen LogP contribution >= 0.6 is 0 Å². The molecule has 0 fully saturated rings. The van der Waals surface area contributed by atoms with Crippen molar-refractivity contribution in [2.24, 2.45) is 0 Å². The zero-order chi connectivity index (χ0) is 56.4. The van der Waals surface area contributed by atoms with Crippen LogP contribution in [0.5, 0.6) is 0 Å². The fourth-order valence-corrected chi connectivity index (χ4v) is 9.88. The summed E-state index contributed by atoms with van der Waals surface area (Å²) >= 11 is 0. The Balaban J connectivity index is 4.21. The molecule has 452 valence electrons. The summed E-state index contributed by atoms with van der Waals surface area (Å²) in [5.74, 6) is -0.871. The van der Waals surface area contributed by atoms with E-state index in [-0.39, 0.29) is 31.1 Å². The molecule has 0 saturated heterocycles. The van der Waals surface area contributed by atoms with E-state index in [2.05, 4.69) is 93.7 Å². The van der Waals surface area contributed by atoms with Crippen molar-refractivity contribution >= 4 is 17.9 Å². The molecule has 0 spiro atoms. The number of carbonyl (C=O) groups excluding carboxylic acids is 3. The van der Waals surface area contributed by atoms with E-state index < -0.39 is 6.10 Å². The predicted molar refractivity (Wildman–Crippen MR) is 339 cm³/mol. The van der Waals surface area contributed by atoms with E-state index in [0.717, 1.165) is 96.3 Å². The lowest BCUT2D eigenvalue weighted by Gasteiger charge is -2.18. The summed E-state index contributed by atoms with van der Waals surface area (Å²) in [5.41, 5.74) is 0. The van der Waals surface area contributed by atoms with Gasteiger partial charge in [-0.3, -0.25) is 14.4 Å². The van der Waals surface area contributed by atoms with Crippen LogP contribution in [0.2, 0.25) is 0 Å². The molecule has 1 unspecified atom stereocenters. The van der Waals surface area contributed by atoms with E-state index in [9.17, 15) is 14.4 Å². The highest BCUT2D eigenvalue weighted by molar-refractivity contribution is 5.71. The minimum Gasteiger partial charge on any atom is -0.462 e. The summed E-state index contributed by atoms with van der Waals surface area (Å²) in [6, 6.07) is 0. The maximum atomic E-state index is 12.9. The van der Waals surface area contributed by atoms with Gasteiger partial charge in [0.25, 0.3) is 0 Å². The van der Waals surface area contributed by atoms with E-state index in [1.165, 1.54) is 212 Å². The molecule has 0 aliphatic carbocycles. The Hall–Kier alpha value is -3.15. The number of allylic oxidation sites excluding steroid dienone is 12. The van der Waals surface area contributed by atoms with Gasteiger partial charge in [-0.2, -0.15) is 0 Å². The maximum absolute atomic E-state index is 12.9. The minimum atomic E-state index is -0.780. The Kier molecular flexibility index (Phi) is 63.7. The van der Waals surface area contributed by atoms with E-state index in [1.807, 2.05) is 0 Å². The summed E-state index contributed by atoms with van der Waals surface area (Å²) in [6.45, 7) is 6.55. The molecule has 6 heteroatoms. The highest BCUT2D eigenvalue weighted by Crippen LogP contribution is 2.17. The van der Waals surface area contributed by atoms with Gasteiger partial charge in [0.05, 0.1) is 0 Å². The topological polar surface area (TPSA) is 78.9 Å². The summed E-state index contributed by atoms with van der Waals surface area (Å²) in [4.78, 5) is 38.3. The molecule has 0 aromatic heterocycles. The lowest BCUT2D eigenvalue weighted by atomic mass is 10.0. The zero-order valence-corrected chi connectivity index (χ0v) is 51.9. The summed E-state index contributed by atoms with van der Waals surface area (Å²) in [5, 5.41) is 0. The summed E-state index contributed by atoms with van der Waals surface area (Å²) in [6.07, 6.45) is 86.4. The smallest absolute Gasteiger partial charge is 0.306 e. The molecule has 0 saturated carbocycles. The molecule has 0 rings (SSSR count). The lowest BCUT2D eigenvalue weighted by Crippen LogP contribution is -2.30. The molecule has 0 N–H and O–H groups in total. The van der Waals surface area contributed by atoms with E-state index in [4.69, 9.17) is 14.2 Å². The molecule has 0 radical (unpaired) electrons. The van der Waals surface area contributed by atoms with Crippen molar-refractivity contribution in [2.45, 2.75) is 354 Å². The van der Waals surface area contributed by atoms with Gasteiger partial charge in [-0.15, -0.1) is 0 Å². The van der Waals surface area contributed by atoms with Gasteiger partial charge in [0, 0.05) is 19.3 Å². The largest absolute Gasteiger partial charge is 0.462 e. The van der Waals surface area contributed by atoms with Crippen molar-refractivity contribution in [3.8, 4) is 0 Å². The van der Waals surface area contributed by atoms with Crippen LogP contribution in [0.1, 0.15) is 348 Å². The van der Waals surface area contributed by atoms with Gasteiger partial charge in [-0.1, -0.05) is 312 Å². The predicted octanol–water partition coefficient (Wildman–Crippen LogP) is 23.3. The Morgan fingerprint density at radius 2 is 0.500 bits per heavy atom. The van der Waals surface area contributed by atoms with Gasteiger partial charge < -0.3 is 14.2 Å². The average Bonchev–Trinajstić information content (AvgIpc) is 3.44. The summed E-state index contributed by atoms with van der Waals surface area (Å²) in [7, 11) is 0. The van der Waals surface area contributed by atoms with Gasteiger partial charge in [-0.25, -0.2) is 0 Å². The van der Waals surface area contributed by atoms with Crippen LogP contribution in [0.25, 0.3) is 0 Å². The molecule has 0 bridgehead atoms. The fourth-order valence-electron chi connectivity index (χ4n) is 9.88. The molecule has 6 nitrogen and oxygen atoms in total. The molecule has 0 heterocycles. The number of rotatable bonds is 62. The van der Waals surface area contributed by atoms with Crippen molar-refractivity contribution in [1.82, 2.24) is 0 Å². The van der Waals surface area contributed by atoms with Crippen LogP contribution in [0.4, 0.5) is 0 Å². The molecule has 0 aliphatic rings. The first-order chi connectivity index (χ1) is 38.5. The van der Waals surface area contributed by atoms with Crippen LogP contribution in [0.3, 0.4) is 0 Å². The zero-order valence-electron chi connectivity index (χ0n) is 51.9. The van der Waals surface area contributed by atoms with Crippen molar-refractivity contribution in [3.05, 3.63) is 72.9 Å². The Morgan fingerprint density at radius 1 is 0.269 bits per heavy atom. The van der Waals surface area contributed by atoms with Gasteiger partial charge in [-0.05, 0) is 89.9 Å². The molecule has 0 aromatic rings. The molecule has 0 aliphatic heterocycles. The first-order valence-electron chi connectivity index (χ1n) is 33.9. The van der Waals surface area contributed by atoms with E-state index in [1.54, 1.807) is 0 Å². The SMILES string of the molecule is CC/C=C\C/C=C\C/C=C\C/C=C\C/C=C\CCCCCCCCCC(=O)OC(COC(=O)CCCCCCCCCCCC)COC(=O)CCCCCCCCCCCCCCCCC/C=C\CCCCCCCCCC. The lowest BCUT2D eigenvalue weighted by molar-refractivity contribution is -0.167. The molecule has 0 amide bonds. The van der Waals surface area contributed by atoms with Gasteiger partial charge in [0.2, 0.25) is 0 Å². The monoisotopic (exact) mass is 1090 g/mol. The normalized spacial score (nSPS) is 12.5. The number of hydrogen-bond acceptors (Lipinski definition) is 6. The average molecular weight is 1090 g/mol. The number of unbranched alkanes of at least 4 members (excludes halogenated alkanes) is 39. The van der Waals surface area contributed by atoms with Crippen LogP contribution in [0.15, 0.2) is 72.9 Å². The number of hydrogen-bond donors (Lipinski definition) is 0. The second-order valence-electron chi connectivity index (χ2n) is 22.7. The molecule has 0 aromatic carbocycles. The number of esters is 3. The molecular formula is C72H128O6. The third-order valence-corrected chi connectivity index (χ3v) is 14.9. The van der Waals surface area contributed by atoms with Crippen LogP contribution in [-0.2, 0) is 28.6 Å². The second-order valence-corrected chi connectivity index (χ2v) is 22.7. The third-order valence-electron chi connectivity index (χ3n) is 14.9. The Bertz CT molecular complexity index is 1440. The van der Waals surface area contributed by atoms with Crippen molar-refractivity contribution < 1.29 is 28.6 Å². The quantitative estimate of drug-likeness (QED) is 0.0261. The van der Waals surface area contributed by atoms with E-state index in [0.29, 0.717) is 19.3 Å². The first kappa shape index (κ1) is 74.8. The Labute approximate surface area is 484 Å². The van der Waals surface area contributed by atoms with Crippen molar-refractivity contribution in [2.75, 3.05) is 13.2 Å². The first-order valence-corrected chi connectivity index (χ1v) is 33.9. The van der Waals surface area contributed by atoms with Gasteiger partial charge in [0.15, 0.2) is 6.10 Å². The highest BCUT2D eigenvalue weighted by Gasteiger charge is 2.19. The second kappa shape index (κ2) is 66.4. The minimum absolute atomic E-state index is 0.0763. The standard InChI is InChI=1S/C72H128O6/c1-4-7-10-13-16-19-22-24-26-28-30-32-34-35-36-37-39-40-42-44-46-48-50-53-56-59-62-65-71(74)77-68-69(67-76-70(73)64-61-58-55-52-21-18-15-12-9-6-3)78-72(75)66-63-60-57-54-51-49-47-45-43-41-38-33-31-29-27-25-23-20-17-14-11-8-5-2/h8,11,17,20,25,27-28,30-31,33,41,43,69H,4-7,9-10,12-16,18-19,21-24,26,29,32,34-40,42,44-68H2,1-3H3/b11-8-,20-17-,27-25-,30-28-,33-31-,43-41-. The number of ether oxygens (including phenoxy) is 3. The van der Waals surface area contributed by atoms with Gasteiger partial charge in [0.1, 0.15) is 13.2 Å². The van der Waals surface area contributed by atoms with Crippen LogP contribution in [0, 0.1) is 0 Å². The van der Waals surface area contributed by atoms with Crippen molar-refractivity contribution in [3.63, 3.8) is 0 Å². The third kappa shape index (κ3) is 63.7. The highest BCUT2D eigenvalue weighted by atomic mass is 16.6. The molecular weight excluding hydrogens is 961 g/mol. The van der Waals surface area contributed by atoms with Crippen LogP contribution in [-0.4, -0.2) is 37.2 Å². The number of carbonyl (C=O) groups is 3. The fraction of sp³-hybridized carbons (Fsp3) is 0.792.